The zero-order valence-electron chi connectivity index (χ0n) is 12.5. The predicted molar refractivity (Wildman–Crippen MR) is 85.0 cm³/mol. The van der Waals surface area contributed by atoms with Crippen LogP contribution in [0.4, 0.5) is 4.39 Å². The molecule has 0 unspecified atom stereocenters. The highest BCUT2D eigenvalue weighted by Gasteiger charge is 2.02. The number of ether oxygens (including phenoxy) is 2. The van der Waals surface area contributed by atoms with E-state index in [-0.39, 0.29) is 5.82 Å². The number of hydrogen-bond acceptors (Lipinski definition) is 2. The third-order valence-corrected chi connectivity index (χ3v) is 3.60. The molecule has 3 aromatic rings. The predicted octanol–water partition coefficient (Wildman–Crippen LogP) is 4.26. The maximum absolute atomic E-state index is 13.2. The summed E-state index contributed by atoms with van der Waals surface area (Å²) in [7, 11) is 1.64. The number of hydrogen-bond donors (Lipinski definition) is 0. The van der Waals surface area contributed by atoms with E-state index < -0.39 is 0 Å². The van der Waals surface area contributed by atoms with E-state index in [0.717, 1.165) is 35.4 Å². The molecule has 4 heteroatoms. The average Bonchev–Trinajstić information content (AvgIpc) is 2.94. The van der Waals surface area contributed by atoms with Gasteiger partial charge in [-0.25, -0.2) is 4.39 Å². The lowest BCUT2D eigenvalue weighted by Gasteiger charge is -2.08. The largest absolute Gasteiger partial charge is 0.497 e. The maximum atomic E-state index is 13.2. The highest BCUT2D eigenvalue weighted by atomic mass is 19.1. The van der Waals surface area contributed by atoms with E-state index in [0.29, 0.717) is 6.61 Å². The van der Waals surface area contributed by atoms with Gasteiger partial charge in [0.05, 0.1) is 13.7 Å². The van der Waals surface area contributed by atoms with Crippen LogP contribution in [0.1, 0.15) is 6.42 Å². The fourth-order valence-electron chi connectivity index (χ4n) is 2.46. The molecule has 1 heterocycles. The van der Waals surface area contributed by atoms with E-state index >= 15 is 0 Å². The zero-order chi connectivity index (χ0) is 15.4. The van der Waals surface area contributed by atoms with Gasteiger partial charge in [0.15, 0.2) is 0 Å². The third kappa shape index (κ3) is 3.22. The van der Waals surface area contributed by atoms with Crippen molar-refractivity contribution in [2.75, 3.05) is 13.7 Å². The van der Waals surface area contributed by atoms with E-state index in [1.807, 2.05) is 42.6 Å². The summed E-state index contributed by atoms with van der Waals surface area (Å²) in [5.41, 5.74) is 1.05. The number of fused-ring (bicyclic) bond motifs is 1. The van der Waals surface area contributed by atoms with Crippen molar-refractivity contribution >= 4 is 10.9 Å². The minimum atomic E-state index is -0.201. The Morgan fingerprint density at radius 2 is 1.77 bits per heavy atom. The molecule has 2 aromatic carbocycles. The molecule has 0 aliphatic rings. The lowest BCUT2D eigenvalue weighted by Crippen LogP contribution is -2.03. The van der Waals surface area contributed by atoms with Crippen molar-refractivity contribution in [1.29, 1.82) is 0 Å². The molecule has 0 N–H and O–H groups in total. The van der Waals surface area contributed by atoms with Crippen molar-refractivity contribution in [3.05, 3.63) is 60.5 Å². The Hall–Kier alpha value is -2.49. The molecular formula is C18H18FNO2. The van der Waals surface area contributed by atoms with Crippen LogP contribution in [0.15, 0.2) is 54.7 Å². The number of benzene rings is 2. The minimum Gasteiger partial charge on any atom is -0.497 e. The van der Waals surface area contributed by atoms with Crippen molar-refractivity contribution < 1.29 is 13.9 Å². The number of halogens is 1. The standard InChI is InChI=1S/C18H18FNO2/c1-21-16-4-6-17(7-5-16)22-12-2-10-20-11-9-14-13-15(19)3-8-18(14)20/h3-9,11,13H,2,10,12H2,1H3. The SMILES string of the molecule is COc1ccc(OCCCn2ccc3cc(F)ccc32)cc1. The Balaban J connectivity index is 1.53. The second kappa shape index (κ2) is 6.52. The van der Waals surface area contributed by atoms with E-state index in [9.17, 15) is 4.39 Å². The smallest absolute Gasteiger partial charge is 0.123 e. The Kier molecular flexibility index (Phi) is 4.28. The third-order valence-electron chi connectivity index (χ3n) is 3.60. The van der Waals surface area contributed by atoms with Gasteiger partial charge in [0, 0.05) is 23.6 Å². The van der Waals surface area contributed by atoms with Crippen LogP contribution in [-0.2, 0) is 6.54 Å². The normalized spacial score (nSPS) is 10.8. The van der Waals surface area contributed by atoms with Gasteiger partial charge in [-0.05, 0) is 55.0 Å². The first-order valence-electron chi connectivity index (χ1n) is 7.27. The number of aromatic nitrogens is 1. The van der Waals surface area contributed by atoms with Crippen molar-refractivity contribution in [1.82, 2.24) is 4.57 Å². The number of aryl methyl sites for hydroxylation is 1. The summed E-state index contributed by atoms with van der Waals surface area (Å²) in [6.07, 6.45) is 2.87. The second-order valence-electron chi connectivity index (χ2n) is 5.09. The van der Waals surface area contributed by atoms with Gasteiger partial charge in [-0.2, -0.15) is 0 Å². The number of methoxy groups -OCH3 is 1. The fraction of sp³-hybridized carbons (Fsp3) is 0.222. The first-order valence-corrected chi connectivity index (χ1v) is 7.27. The van der Waals surface area contributed by atoms with Crippen molar-refractivity contribution in [2.45, 2.75) is 13.0 Å². The molecule has 0 saturated carbocycles. The van der Waals surface area contributed by atoms with Crippen molar-refractivity contribution in [3.63, 3.8) is 0 Å². The minimum absolute atomic E-state index is 0.201. The molecule has 1 aromatic heterocycles. The van der Waals surface area contributed by atoms with Gasteiger partial charge in [-0.3, -0.25) is 0 Å². The molecule has 0 aliphatic heterocycles. The van der Waals surface area contributed by atoms with E-state index in [1.165, 1.54) is 6.07 Å². The monoisotopic (exact) mass is 299 g/mol. The van der Waals surface area contributed by atoms with E-state index in [4.69, 9.17) is 9.47 Å². The van der Waals surface area contributed by atoms with Gasteiger partial charge in [0.2, 0.25) is 0 Å². The van der Waals surface area contributed by atoms with Gasteiger partial charge in [-0.1, -0.05) is 0 Å². The Morgan fingerprint density at radius 1 is 1.00 bits per heavy atom. The van der Waals surface area contributed by atoms with Gasteiger partial charge in [0.25, 0.3) is 0 Å². The maximum Gasteiger partial charge on any atom is 0.123 e. The average molecular weight is 299 g/mol. The molecule has 0 aliphatic carbocycles. The van der Waals surface area contributed by atoms with Gasteiger partial charge in [-0.15, -0.1) is 0 Å². The molecule has 3 nitrogen and oxygen atoms in total. The van der Waals surface area contributed by atoms with Gasteiger partial charge in [0.1, 0.15) is 17.3 Å². The van der Waals surface area contributed by atoms with Crippen LogP contribution >= 0.6 is 0 Å². The molecular weight excluding hydrogens is 281 g/mol. The van der Waals surface area contributed by atoms with Crippen LogP contribution in [0.2, 0.25) is 0 Å². The quantitative estimate of drug-likeness (QED) is 0.635. The molecule has 0 amide bonds. The first kappa shape index (κ1) is 14.4. The molecule has 114 valence electrons. The molecule has 22 heavy (non-hydrogen) atoms. The Labute approximate surface area is 128 Å². The van der Waals surface area contributed by atoms with Crippen LogP contribution in [-0.4, -0.2) is 18.3 Å². The van der Waals surface area contributed by atoms with Crippen LogP contribution in [0, 0.1) is 5.82 Å². The molecule has 0 spiro atoms. The number of rotatable bonds is 6. The Morgan fingerprint density at radius 3 is 2.55 bits per heavy atom. The lowest BCUT2D eigenvalue weighted by atomic mass is 10.2. The Bertz CT molecular complexity index is 749. The molecule has 0 bridgehead atoms. The number of nitrogens with zero attached hydrogens (tertiary/aromatic N) is 1. The van der Waals surface area contributed by atoms with Crippen LogP contribution in [0.5, 0.6) is 11.5 Å². The van der Waals surface area contributed by atoms with E-state index in [2.05, 4.69) is 4.57 Å². The topological polar surface area (TPSA) is 23.4 Å². The van der Waals surface area contributed by atoms with Gasteiger partial charge < -0.3 is 14.0 Å². The first-order chi connectivity index (χ1) is 10.8. The summed E-state index contributed by atoms with van der Waals surface area (Å²) < 4.78 is 26.1. The summed E-state index contributed by atoms with van der Waals surface area (Å²) in [4.78, 5) is 0. The van der Waals surface area contributed by atoms with Crippen LogP contribution in [0.25, 0.3) is 10.9 Å². The molecule has 0 fully saturated rings. The summed E-state index contributed by atoms with van der Waals surface area (Å²) in [5.74, 6) is 1.45. The molecule has 0 radical (unpaired) electrons. The second-order valence-corrected chi connectivity index (χ2v) is 5.09. The highest BCUT2D eigenvalue weighted by Crippen LogP contribution is 2.19. The van der Waals surface area contributed by atoms with Crippen molar-refractivity contribution in [3.8, 4) is 11.5 Å². The summed E-state index contributed by atoms with van der Waals surface area (Å²) in [5, 5.41) is 0.927. The highest BCUT2D eigenvalue weighted by molar-refractivity contribution is 5.80. The lowest BCUT2D eigenvalue weighted by molar-refractivity contribution is 0.302. The fourth-order valence-corrected chi connectivity index (χ4v) is 2.46. The summed E-state index contributed by atoms with van der Waals surface area (Å²) in [6, 6.07) is 14.3. The molecule has 3 rings (SSSR count). The summed E-state index contributed by atoms with van der Waals surface area (Å²) in [6.45, 7) is 1.47. The van der Waals surface area contributed by atoms with Crippen LogP contribution in [0.3, 0.4) is 0 Å². The molecule has 0 atom stereocenters. The molecule has 0 saturated heterocycles. The zero-order valence-corrected chi connectivity index (χ0v) is 12.5. The van der Waals surface area contributed by atoms with E-state index in [1.54, 1.807) is 13.2 Å². The van der Waals surface area contributed by atoms with Gasteiger partial charge >= 0.3 is 0 Å². The summed E-state index contributed by atoms with van der Waals surface area (Å²) >= 11 is 0. The van der Waals surface area contributed by atoms with Crippen LogP contribution < -0.4 is 9.47 Å². The van der Waals surface area contributed by atoms with Crippen molar-refractivity contribution in [2.24, 2.45) is 0 Å².